The fourth-order valence-electron chi connectivity index (χ4n) is 3.51. The summed E-state index contributed by atoms with van der Waals surface area (Å²) in [4.78, 5) is 31.5. The van der Waals surface area contributed by atoms with Crippen LogP contribution in [0.4, 0.5) is 0 Å². The lowest BCUT2D eigenvalue weighted by Gasteiger charge is -2.24. The number of esters is 1. The summed E-state index contributed by atoms with van der Waals surface area (Å²) >= 11 is 13.5. The fourth-order valence-corrected chi connectivity index (χ4v) is 5.01. The van der Waals surface area contributed by atoms with Crippen molar-refractivity contribution in [1.82, 2.24) is 4.57 Å². The molecule has 0 N–H and O–H groups in total. The molecule has 0 saturated carbocycles. The molecule has 1 aliphatic heterocycles. The number of benzene rings is 2. The fraction of sp³-hybridized carbons (Fsp3) is 0.125. The number of ether oxygens (including phenoxy) is 1. The average Bonchev–Trinajstić information content (AvgIpc) is 3.08. The number of carbonyl (C=O) groups is 1. The number of aromatic nitrogens is 1. The van der Waals surface area contributed by atoms with Crippen molar-refractivity contribution in [3.63, 3.8) is 0 Å². The SMILES string of the molecule is C=CCOC(=O)C1=C(C)N=c2s/c(=C/c3ccc(Cl)cc3Cl)c(=O)n2C1c1ccccc1. The van der Waals surface area contributed by atoms with Gasteiger partial charge in [-0.3, -0.25) is 9.36 Å². The highest BCUT2D eigenvalue weighted by Gasteiger charge is 2.33. The van der Waals surface area contributed by atoms with E-state index in [-0.39, 0.29) is 12.2 Å². The quantitative estimate of drug-likeness (QED) is 0.401. The predicted octanol–water partition coefficient (Wildman–Crippen LogP) is 4.27. The first-order valence-corrected chi connectivity index (χ1v) is 11.3. The van der Waals surface area contributed by atoms with Gasteiger partial charge >= 0.3 is 5.97 Å². The van der Waals surface area contributed by atoms with Crippen molar-refractivity contribution in [3.8, 4) is 0 Å². The number of allylic oxidation sites excluding steroid dienone is 1. The number of halogens is 2. The van der Waals surface area contributed by atoms with Gasteiger partial charge in [0.25, 0.3) is 5.56 Å². The van der Waals surface area contributed by atoms with Crippen molar-refractivity contribution >= 4 is 46.6 Å². The summed E-state index contributed by atoms with van der Waals surface area (Å²) in [7, 11) is 0. The van der Waals surface area contributed by atoms with Crippen molar-refractivity contribution in [3.05, 3.63) is 113 Å². The Morgan fingerprint density at radius 3 is 2.69 bits per heavy atom. The molecule has 8 heteroatoms. The van der Waals surface area contributed by atoms with Crippen LogP contribution in [0, 0.1) is 0 Å². The number of nitrogens with zero attached hydrogens (tertiary/aromatic N) is 2. The van der Waals surface area contributed by atoms with E-state index in [0.29, 0.717) is 36.2 Å². The van der Waals surface area contributed by atoms with E-state index in [2.05, 4.69) is 11.6 Å². The zero-order chi connectivity index (χ0) is 22.8. The molecule has 1 unspecified atom stereocenters. The monoisotopic (exact) mass is 484 g/mol. The van der Waals surface area contributed by atoms with E-state index >= 15 is 0 Å². The maximum Gasteiger partial charge on any atom is 0.338 e. The molecular formula is C24H18Cl2N2O3S. The zero-order valence-corrected chi connectivity index (χ0v) is 19.4. The number of hydrogen-bond donors (Lipinski definition) is 0. The Balaban J connectivity index is 1.94. The minimum absolute atomic E-state index is 0.0661. The first-order valence-electron chi connectivity index (χ1n) is 9.71. The smallest absolute Gasteiger partial charge is 0.338 e. The van der Waals surface area contributed by atoms with E-state index in [1.807, 2.05) is 30.3 Å². The third-order valence-corrected chi connectivity index (χ3v) is 6.48. The largest absolute Gasteiger partial charge is 0.458 e. The summed E-state index contributed by atoms with van der Waals surface area (Å²) < 4.78 is 7.29. The van der Waals surface area contributed by atoms with Crippen LogP contribution in [-0.4, -0.2) is 17.1 Å². The second kappa shape index (κ2) is 9.28. The van der Waals surface area contributed by atoms with E-state index in [0.717, 1.165) is 5.56 Å². The molecule has 162 valence electrons. The molecule has 0 aliphatic carbocycles. The number of rotatable bonds is 5. The second-order valence-electron chi connectivity index (χ2n) is 7.05. The lowest BCUT2D eigenvalue weighted by atomic mass is 9.96. The minimum atomic E-state index is -0.660. The van der Waals surface area contributed by atoms with Crippen molar-refractivity contribution in [2.45, 2.75) is 13.0 Å². The van der Waals surface area contributed by atoms with Gasteiger partial charge in [0.05, 0.1) is 21.8 Å². The molecule has 0 bridgehead atoms. The summed E-state index contributed by atoms with van der Waals surface area (Å²) in [6.07, 6.45) is 3.20. The maximum absolute atomic E-state index is 13.5. The molecule has 5 nitrogen and oxygen atoms in total. The Morgan fingerprint density at radius 2 is 2.00 bits per heavy atom. The van der Waals surface area contributed by atoms with E-state index in [1.54, 1.807) is 31.2 Å². The summed E-state index contributed by atoms with van der Waals surface area (Å²) in [5.41, 5.74) is 2.00. The lowest BCUT2D eigenvalue weighted by Crippen LogP contribution is -2.39. The zero-order valence-electron chi connectivity index (χ0n) is 17.0. The summed E-state index contributed by atoms with van der Waals surface area (Å²) in [6, 6.07) is 13.8. The molecule has 3 aromatic rings. The maximum atomic E-state index is 13.5. The second-order valence-corrected chi connectivity index (χ2v) is 8.90. The first-order chi connectivity index (χ1) is 15.4. The molecule has 0 radical (unpaired) electrons. The molecule has 0 fully saturated rings. The summed E-state index contributed by atoms with van der Waals surface area (Å²) in [5, 5.41) is 0.948. The predicted molar refractivity (Wildman–Crippen MR) is 128 cm³/mol. The van der Waals surface area contributed by atoms with Crippen LogP contribution in [0.1, 0.15) is 24.1 Å². The van der Waals surface area contributed by atoms with Gasteiger partial charge in [-0.15, -0.1) is 0 Å². The topological polar surface area (TPSA) is 60.7 Å². The average molecular weight is 485 g/mol. The minimum Gasteiger partial charge on any atom is -0.458 e. The molecule has 0 saturated heterocycles. The van der Waals surface area contributed by atoms with Crippen LogP contribution >= 0.6 is 34.5 Å². The molecule has 1 aromatic heterocycles. The summed E-state index contributed by atoms with van der Waals surface area (Å²) in [6.45, 7) is 5.40. The van der Waals surface area contributed by atoms with Crippen LogP contribution < -0.4 is 14.9 Å². The first kappa shape index (κ1) is 22.3. The number of hydrogen-bond acceptors (Lipinski definition) is 5. The number of fused-ring (bicyclic) bond motifs is 1. The van der Waals surface area contributed by atoms with Crippen LogP contribution in [0.2, 0.25) is 10.0 Å². The van der Waals surface area contributed by atoms with Gasteiger partial charge in [0.2, 0.25) is 0 Å². The third-order valence-electron chi connectivity index (χ3n) is 4.94. The molecule has 1 aliphatic rings. The van der Waals surface area contributed by atoms with E-state index < -0.39 is 12.0 Å². The normalized spacial score (nSPS) is 15.8. The van der Waals surface area contributed by atoms with E-state index in [1.165, 1.54) is 22.0 Å². The molecule has 0 spiro atoms. The van der Waals surface area contributed by atoms with Crippen molar-refractivity contribution < 1.29 is 9.53 Å². The molecule has 2 heterocycles. The Bertz CT molecular complexity index is 1420. The highest BCUT2D eigenvalue weighted by molar-refractivity contribution is 7.07. The summed E-state index contributed by atoms with van der Waals surface area (Å²) in [5.74, 6) is -0.532. The molecule has 0 amide bonds. The van der Waals surface area contributed by atoms with Crippen molar-refractivity contribution in [1.29, 1.82) is 0 Å². The highest BCUT2D eigenvalue weighted by Crippen LogP contribution is 2.30. The van der Waals surface area contributed by atoms with Crippen LogP contribution in [0.3, 0.4) is 0 Å². The number of thiazole rings is 1. The van der Waals surface area contributed by atoms with Gasteiger partial charge in [-0.2, -0.15) is 0 Å². The molecule has 4 rings (SSSR count). The molecule has 1 atom stereocenters. The van der Waals surface area contributed by atoms with Crippen molar-refractivity contribution in [2.75, 3.05) is 6.61 Å². The standard InChI is InChI=1S/C24H18Cl2N2O3S/c1-3-11-31-23(30)20-14(2)27-24-28(21(20)15-7-5-4-6-8-15)22(29)19(32-24)12-16-9-10-17(25)13-18(16)26/h3-10,12-13,21H,1,11H2,2H3/b19-12+. The van der Waals surface area contributed by atoms with Gasteiger partial charge in [-0.25, -0.2) is 9.79 Å². The van der Waals surface area contributed by atoms with Gasteiger partial charge in [-0.05, 0) is 36.3 Å². The van der Waals surface area contributed by atoms with Crippen molar-refractivity contribution in [2.24, 2.45) is 4.99 Å². The van der Waals surface area contributed by atoms with Crippen LogP contribution in [0.15, 0.2) is 82.2 Å². The Hall–Kier alpha value is -2.93. The van der Waals surface area contributed by atoms with Crippen LogP contribution in [-0.2, 0) is 9.53 Å². The Morgan fingerprint density at radius 1 is 1.25 bits per heavy atom. The van der Waals surface area contributed by atoms with Gasteiger partial charge in [0.15, 0.2) is 4.80 Å². The van der Waals surface area contributed by atoms with E-state index in [4.69, 9.17) is 27.9 Å². The number of carbonyl (C=O) groups excluding carboxylic acids is 1. The van der Waals surface area contributed by atoms with Gasteiger partial charge in [-0.1, -0.05) is 83.6 Å². The van der Waals surface area contributed by atoms with Crippen LogP contribution in [0.5, 0.6) is 0 Å². The molecule has 2 aromatic carbocycles. The van der Waals surface area contributed by atoms with Gasteiger partial charge in [0, 0.05) is 10.0 Å². The lowest BCUT2D eigenvalue weighted by molar-refractivity contribution is -0.138. The third kappa shape index (κ3) is 4.21. The highest BCUT2D eigenvalue weighted by atomic mass is 35.5. The van der Waals surface area contributed by atoms with E-state index in [9.17, 15) is 9.59 Å². The van der Waals surface area contributed by atoms with Gasteiger partial charge in [0.1, 0.15) is 6.61 Å². The Kier molecular flexibility index (Phi) is 6.46. The Labute approximate surface area is 198 Å². The van der Waals surface area contributed by atoms with Gasteiger partial charge < -0.3 is 4.74 Å². The molecule has 32 heavy (non-hydrogen) atoms. The van der Waals surface area contributed by atoms with Crippen LogP contribution in [0.25, 0.3) is 6.08 Å². The molecular weight excluding hydrogens is 467 g/mol.